The number of nitrogens with zero attached hydrogens (tertiary/aromatic N) is 1. The molecule has 1 heterocycles. The first-order valence-corrected chi connectivity index (χ1v) is 8.77. The van der Waals surface area contributed by atoms with Crippen molar-refractivity contribution in [2.45, 2.75) is 44.8 Å². The Bertz CT molecular complexity index is 755. The second kappa shape index (κ2) is 6.69. The molecule has 1 atom stereocenters. The van der Waals surface area contributed by atoms with E-state index in [-0.39, 0.29) is 41.3 Å². The van der Waals surface area contributed by atoms with Crippen LogP contribution in [0.3, 0.4) is 0 Å². The van der Waals surface area contributed by atoms with Gasteiger partial charge in [0.2, 0.25) is 0 Å². The van der Waals surface area contributed by atoms with E-state index in [2.05, 4.69) is 10.1 Å². The second-order valence-electron chi connectivity index (χ2n) is 6.30. The number of fused-ring (bicyclic) bond motifs is 1. The average Bonchev–Trinajstić information content (AvgIpc) is 3.30. The molecule has 0 bridgehead atoms. The number of anilines is 1. The largest absolute Gasteiger partial charge is 0.390 e. The number of thiophene rings is 1. The number of rotatable bonds is 6. The highest BCUT2D eigenvalue weighted by molar-refractivity contribution is 7.18. The summed E-state index contributed by atoms with van der Waals surface area (Å²) < 4.78 is 28.5. The molecule has 25 heavy (non-hydrogen) atoms. The number of carbonyl (C=O) groups is 2. The Morgan fingerprint density at radius 3 is 2.84 bits per heavy atom. The first-order chi connectivity index (χ1) is 11.9. The zero-order valence-corrected chi connectivity index (χ0v) is 14.1. The zero-order valence-electron chi connectivity index (χ0n) is 13.3. The van der Waals surface area contributed by atoms with E-state index in [1.807, 2.05) is 6.07 Å². The van der Waals surface area contributed by atoms with Crippen LogP contribution in [-0.2, 0) is 11.2 Å². The van der Waals surface area contributed by atoms with Gasteiger partial charge in [0, 0.05) is 6.04 Å². The van der Waals surface area contributed by atoms with Crippen LogP contribution in [-0.4, -0.2) is 31.0 Å². The predicted molar refractivity (Wildman–Crippen MR) is 86.5 cm³/mol. The van der Waals surface area contributed by atoms with Crippen LogP contribution in [0.2, 0.25) is 0 Å². The van der Waals surface area contributed by atoms with E-state index >= 15 is 0 Å². The number of nitrogen functional groups attached to an aromatic ring is 1. The van der Waals surface area contributed by atoms with Crippen LogP contribution in [0.5, 0.6) is 0 Å². The summed E-state index contributed by atoms with van der Waals surface area (Å²) in [5.74, 6) is -0.757. The topological polar surface area (TPSA) is 105 Å². The summed E-state index contributed by atoms with van der Waals surface area (Å²) in [7, 11) is 0. The number of nitriles is 1. The molecule has 3 N–H and O–H groups in total. The number of carbonyl (C=O) groups excluding carboxylic acids is 2. The number of nitrogens with two attached hydrogens (primary N) is 1. The highest BCUT2D eigenvalue weighted by Crippen LogP contribution is 2.44. The first-order valence-electron chi connectivity index (χ1n) is 7.96. The molecule has 1 fully saturated rings. The highest BCUT2D eigenvalue weighted by Gasteiger charge is 2.46. The van der Waals surface area contributed by atoms with Crippen molar-refractivity contribution in [3.8, 4) is 6.07 Å². The quantitative estimate of drug-likeness (QED) is 0.801. The summed E-state index contributed by atoms with van der Waals surface area (Å²) in [6.07, 6.45) is 2.22. The van der Waals surface area contributed by atoms with Gasteiger partial charge in [-0.2, -0.15) is 14.0 Å². The Labute approximate surface area is 146 Å². The maximum Gasteiger partial charge on any atom is 0.345 e. The van der Waals surface area contributed by atoms with Crippen molar-refractivity contribution in [3.63, 3.8) is 0 Å². The molecule has 0 spiro atoms. The maximum atomic E-state index is 12.8. The SMILES string of the molecule is N#CC1(CCOC(F)F)CCc2c(sc(N)c2C(=O)NC2CC2)C1=O. The fourth-order valence-electron chi connectivity index (χ4n) is 3.03. The Kier molecular flexibility index (Phi) is 4.75. The molecule has 1 aromatic rings. The lowest BCUT2D eigenvalue weighted by Gasteiger charge is -2.29. The van der Waals surface area contributed by atoms with Crippen molar-refractivity contribution >= 4 is 28.0 Å². The van der Waals surface area contributed by atoms with Crippen molar-refractivity contribution in [1.29, 1.82) is 5.26 Å². The number of ether oxygens (including phenoxy) is 1. The maximum absolute atomic E-state index is 12.8. The summed E-state index contributed by atoms with van der Waals surface area (Å²) in [6.45, 7) is -3.33. The van der Waals surface area contributed by atoms with E-state index in [1.165, 1.54) is 0 Å². The molecule has 1 aromatic heterocycles. The molecule has 3 rings (SSSR count). The molecule has 2 aliphatic carbocycles. The van der Waals surface area contributed by atoms with Gasteiger partial charge < -0.3 is 15.8 Å². The third-order valence-corrected chi connectivity index (χ3v) is 5.66. The molecular weight excluding hydrogens is 352 g/mol. The molecule has 1 amide bonds. The molecule has 0 aromatic carbocycles. The fraction of sp³-hybridized carbons (Fsp3) is 0.562. The van der Waals surface area contributed by atoms with Crippen molar-refractivity contribution < 1.29 is 23.1 Å². The van der Waals surface area contributed by atoms with Gasteiger partial charge in [0.05, 0.1) is 28.1 Å². The molecule has 6 nitrogen and oxygen atoms in total. The zero-order chi connectivity index (χ0) is 18.2. The monoisotopic (exact) mass is 369 g/mol. The normalized spacial score (nSPS) is 22.6. The molecule has 0 aliphatic heterocycles. The van der Waals surface area contributed by atoms with Gasteiger partial charge in [0.1, 0.15) is 5.41 Å². The number of nitrogens with one attached hydrogen (secondary N) is 1. The van der Waals surface area contributed by atoms with Gasteiger partial charge in [-0.25, -0.2) is 0 Å². The molecule has 0 radical (unpaired) electrons. The number of ketones is 1. The number of hydrogen-bond acceptors (Lipinski definition) is 6. The number of alkyl halides is 2. The second-order valence-corrected chi connectivity index (χ2v) is 7.35. The lowest BCUT2D eigenvalue weighted by molar-refractivity contribution is -0.132. The third kappa shape index (κ3) is 3.37. The van der Waals surface area contributed by atoms with Gasteiger partial charge in [-0.3, -0.25) is 9.59 Å². The summed E-state index contributed by atoms with van der Waals surface area (Å²) in [6, 6.07) is 2.13. The van der Waals surface area contributed by atoms with Gasteiger partial charge >= 0.3 is 6.61 Å². The van der Waals surface area contributed by atoms with E-state index in [9.17, 15) is 23.6 Å². The Morgan fingerprint density at radius 2 is 2.24 bits per heavy atom. The third-order valence-electron chi connectivity index (χ3n) is 4.60. The molecular formula is C16H17F2N3O3S. The number of halogens is 2. The predicted octanol–water partition coefficient (Wildman–Crippen LogP) is 2.49. The standard InChI is InChI=1S/C16H17F2N3O3S/c17-15(18)24-6-5-16(7-19)4-3-9-10(14(23)21-8-1-2-8)13(20)25-11(9)12(16)22/h8,15H,1-6,20H2,(H,21,23). The van der Waals surface area contributed by atoms with E-state index < -0.39 is 17.8 Å². The Hall–Kier alpha value is -2.05. The van der Waals surface area contributed by atoms with Gasteiger partial charge in [-0.1, -0.05) is 0 Å². The molecule has 134 valence electrons. The molecule has 0 saturated heterocycles. The van der Waals surface area contributed by atoms with E-state index in [4.69, 9.17) is 5.73 Å². The van der Waals surface area contributed by atoms with E-state index in [0.717, 1.165) is 24.2 Å². The van der Waals surface area contributed by atoms with E-state index in [0.29, 0.717) is 17.5 Å². The highest BCUT2D eigenvalue weighted by atomic mass is 32.1. The lowest BCUT2D eigenvalue weighted by atomic mass is 9.71. The molecule has 1 unspecified atom stereocenters. The first kappa shape index (κ1) is 17.8. The summed E-state index contributed by atoms with van der Waals surface area (Å²) in [4.78, 5) is 25.5. The number of Topliss-reactive ketones (excluding diaryl/α,β-unsaturated/α-hetero) is 1. The number of hydrogen-bond donors (Lipinski definition) is 2. The van der Waals surface area contributed by atoms with Crippen LogP contribution < -0.4 is 11.1 Å². The van der Waals surface area contributed by atoms with E-state index in [1.54, 1.807) is 0 Å². The van der Waals surface area contributed by atoms with Crippen molar-refractivity contribution in [2.75, 3.05) is 12.3 Å². The lowest BCUT2D eigenvalue weighted by Crippen LogP contribution is -2.36. The van der Waals surface area contributed by atoms with Gasteiger partial charge in [0.15, 0.2) is 5.78 Å². The van der Waals surface area contributed by atoms with Gasteiger partial charge in [-0.15, -0.1) is 11.3 Å². The molecule has 9 heteroatoms. The van der Waals surface area contributed by atoms with Crippen molar-refractivity contribution in [1.82, 2.24) is 5.32 Å². The van der Waals surface area contributed by atoms with Gasteiger partial charge in [-0.05, 0) is 37.7 Å². The van der Waals surface area contributed by atoms with Crippen LogP contribution in [0.1, 0.15) is 51.3 Å². The van der Waals surface area contributed by atoms with Crippen LogP contribution in [0.4, 0.5) is 13.8 Å². The summed E-state index contributed by atoms with van der Waals surface area (Å²) >= 11 is 0.985. The van der Waals surface area contributed by atoms with Crippen LogP contribution in [0, 0.1) is 16.7 Å². The van der Waals surface area contributed by atoms with Crippen molar-refractivity contribution in [3.05, 3.63) is 16.0 Å². The summed E-state index contributed by atoms with van der Waals surface area (Å²) in [5.41, 5.74) is 5.41. The Balaban J connectivity index is 1.85. The van der Waals surface area contributed by atoms with Gasteiger partial charge in [0.25, 0.3) is 5.91 Å². The number of amides is 1. The van der Waals surface area contributed by atoms with Crippen LogP contribution in [0.25, 0.3) is 0 Å². The smallest absolute Gasteiger partial charge is 0.345 e. The fourth-order valence-corrected chi connectivity index (χ4v) is 4.19. The minimum absolute atomic E-state index is 0.118. The molecule has 2 aliphatic rings. The van der Waals surface area contributed by atoms with Crippen molar-refractivity contribution in [2.24, 2.45) is 5.41 Å². The minimum Gasteiger partial charge on any atom is -0.390 e. The minimum atomic E-state index is -2.94. The molecule has 1 saturated carbocycles. The van der Waals surface area contributed by atoms with Crippen LogP contribution in [0.15, 0.2) is 0 Å². The summed E-state index contributed by atoms with van der Waals surface area (Å²) in [5, 5.41) is 12.6. The Morgan fingerprint density at radius 1 is 1.52 bits per heavy atom. The van der Waals surface area contributed by atoms with Crippen LogP contribution >= 0.6 is 11.3 Å². The average molecular weight is 369 g/mol.